The fraction of sp³-hybridized carbons (Fsp3) is 0.357. The van der Waals surface area contributed by atoms with Gasteiger partial charge in [-0.05, 0) is 70.5 Å². The summed E-state index contributed by atoms with van der Waals surface area (Å²) in [4.78, 5) is 15.0. The van der Waals surface area contributed by atoms with E-state index < -0.39 is 7.14 Å². The SMILES string of the molecule is CCN(CCCOc1cccc(Nc2nc(Nc3ccccc3P(C)(C)=O)c3cc[nH]c3n2)c1)C(C)C. The average molecular weight is 521 g/mol. The summed E-state index contributed by atoms with van der Waals surface area (Å²) < 4.78 is 18.9. The Kier molecular flexibility index (Phi) is 8.52. The van der Waals surface area contributed by atoms with E-state index in [-0.39, 0.29) is 0 Å². The highest BCUT2D eigenvalue weighted by Gasteiger charge is 2.17. The molecule has 0 spiro atoms. The van der Waals surface area contributed by atoms with E-state index in [1.54, 1.807) is 13.3 Å². The number of nitrogens with one attached hydrogen (secondary N) is 3. The van der Waals surface area contributed by atoms with E-state index >= 15 is 0 Å². The quantitative estimate of drug-likeness (QED) is 0.151. The van der Waals surface area contributed by atoms with Crippen molar-refractivity contribution in [2.45, 2.75) is 33.2 Å². The first-order chi connectivity index (χ1) is 17.7. The smallest absolute Gasteiger partial charge is 0.231 e. The Bertz CT molecular complexity index is 1380. The second-order valence-corrected chi connectivity index (χ2v) is 12.9. The lowest BCUT2D eigenvalue weighted by Gasteiger charge is -2.24. The van der Waals surface area contributed by atoms with Crippen molar-refractivity contribution in [3.05, 3.63) is 60.8 Å². The van der Waals surface area contributed by atoms with Crippen molar-refractivity contribution in [3.63, 3.8) is 0 Å². The molecule has 2 heterocycles. The van der Waals surface area contributed by atoms with E-state index in [1.807, 2.05) is 60.8 Å². The second-order valence-electron chi connectivity index (χ2n) is 9.71. The molecule has 196 valence electrons. The summed E-state index contributed by atoms with van der Waals surface area (Å²) in [5, 5.41) is 8.33. The number of H-pyrrole nitrogens is 1. The number of aromatic nitrogens is 3. The lowest BCUT2D eigenvalue weighted by Crippen LogP contribution is -2.32. The van der Waals surface area contributed by atoms with Gasteiger partial charge in [-0.25, -0.2) is 0 Å². The maximum atomic E-state index is 12.8. The number of aromatic amines is 1. The van der Waals surface area contributed by atoms with Crippen molar-refractivity contribution in [2.75, 3.05) is 43.7 Å². The summed E-state index contributed by atoms with van der Waals surface area (Å²) in [6.45, 7) is 12.9. The van der Waals surface area contributed by atoms with Crippen LogP contribution in [0.1, 0.15) is 27.2 Å². The summed E-state index contributed by atoms with van der Waals surface area (Å²) in [5.74, 6) is 1.87. The van der Waals surface area contributed by atoms with E-state index in [4.69, 9.17) is 9.72 Å². The summed E-state index contributed by atoms with van der Waals surface area (Å²) in [6.07, 6.45) is 2.80. The van der Waals surface area contributed by atoms with Crippen LogP contribution < -0.4 is 20.7 Å². The Morgan fingerprint density at radius 3 is 2.62 bits per heavy atom. The predicted octanol–water partition coefficient (Wildman–Crippen LogP) is 6.19. The van der Waals surface area contributed by atoms with Crippen LogP contribution in [-0.2, 0) is 4.57 Å². The van der Waals surface area contributed by atoms with E-state index in [1.165, 1.54) is 0 Å². The summed E-state index contributed by atoms with van der Waals surface area (Å²) in [6, 6.07) is 17.9. The molecule has 0 fully saturated rings. The fourth-order valence-electron chi connectivity index (χ4n) is 4.30. The first-order valence-electron chi connectivity index (χ1n) is 12.7. The molecule has 2 aromatic carbocycles. The minimum atomic E-state index is -2.48. The molecule has 0 aliphatic carbocycles. The van der Waals surface area contributed by atoms with Gasteiger partial charge in [0, 0.05) is 35.8 Å². The zero-order valence-corrected chi connectivity index (χ0v) is 23.2. The van der Waals surface area contributed by atoms with Crippen LogP contribution in [0.4, 0.5) is 23.1 Å². The van der Waals surface area contributed by atoms with Crippen LogP contribution in [0, 0.1) is 0 Å². The monoisotopic (exact) mass is 520 g/mol. The predicted molar refractivity (Wildman–Crippen MR) is 155 cm³/mol. The zero-order valence-electron chi connectivity index (χ0n) is 22.3. The van der Waals surface area contributed by atoms with Crippen molar-refractivity contribution in [1.29, 1.82) is 0 Å². The molecule has 8 nitrogen and oxygen atoms in total. The summed E-state index contributed by atoms with van der Waals surface area (Å²) in [5.41, 5.74) is 2.31. The third-order valence-corrected chi connectivity index (χ3v) is 7.79. The molecule has 37 heavy (non-hydrogen) atoms. The van der Waals surface area contributed by atoms with Crippen LogP contribution in [0.5, 0.6) is 5.75 Å². The van der Waals surface area contributed by atoms with E-state index in [9.17, 15) is 4.57 Å². The van der Waals surface area contributed by atoms with E-state index in [0.29, 0.717) is 30.1 Å². The highest BCUT2D eigenvalue weighted by Crippen LogP contribution is 2.38. The molecule has 0 saturated heterocycles. The number of hydrogen-bond acceptors (Lipinski definition) is 7. The topological polar surface area (TPSA) is 95.2 Å². The fourth-order valence-corrected chi connectivity index (χ4v) is 5.46. The highest BCUT2D eigenvalue weighted by atomic mass is 31.2. The van der Waals surface area contributed by atoms with Crippen molar-refractivity contribution < 1.29 is 9.30 Å². The molecule has 0 aliphatic heterocycles. The molecule has 0 radical (unpaired) electrons. The standard InChI is InChI=1S/C28H37N6O2P/c1-6-34(20(2)3)17-10-18-36-22-12-9-11-21(19-22)30-28-32-26-23(15-16-29-26)27(33-28)31-24-13-7-8-14-25(24)37(4,5)35/h7-9,11-16,19-20H,6,10,17-18H2,1-5H3,(H3,29,30,31,32,33). The molecule has 4 aromatic rings. The van der Waals surface area contributed by atoms with Gasteiger partial charge in [0.1, 0.15) is 24.4 Å². The molecule has 9 heteroatoms. The lowest BCUT2D eigenvalue weighted by molar-refractivity contribution is 0.207. The number of rotatable bonds is 12. The van der Waals surface area contributed by atoms with Crippen molar-refractivity contribution in [3.8, 4) is 5.75 Å². The maximum Gasteiger partial charge on any atom is 0.231 e. The zero-order chi connectivity index (χ0) is 26.4. The molecule has 0 amide bonds. The van der Waals surface area contributed by atoms with Gasteiger partial charge < -0.3 is 29.8 Å². The molecule has 0 aliphatic rings. The van der Waals surface area contributed by atoms with Crippen LogP contribution >= 0.6 is 7.14 Å². The summed E-state index contributed by atoms with van der Waals surface area (Å²) >= 11 is 0. The van der Waals surface area contributed by atoms with Gasteiger partial charge in [-0.2, -0.15) is 9.97 Å². The minimum Gasteiger partial charge on any atom is -0.493 e. The van der Waals surface area contributed by atoms with E-state index in [0.717, 1.165) is 47.3 Å². The number of benzene rings is 2. The van der Waals surface area contributed by atoms with Crippen LogP contribution in [0.15, 0.2) is 60.8 Å². The third kappa shape index (κ3) is 6.90. The Morgan fingerprint density at radius 1 is 1.05 bits per heavy atom. The first-order valence-corrected chi connectivity index (χ1v) is 15.4. The second kappa shape index (κ2) is 11.8. The van der Waals surface area contributed by atoms with Crippen molar-refractivity contribution >= 4 is 46.6 Å². The molecule has 4 rings (SSSR count). The third-order valence-electron chi connectivity index (χ3n) is 6.24. The van der Waals surface area contributed by atoms with Crippen LogP contribution in [0.3, 0.4) is 0 Å². The van der Waals surface area contributed by atoms with E-state index in [2.05, 4.69) is 46.3 Å². The molecule has 0 saturated carbocycles. The number of anilines is 4. The Labute approximate surface area is 219 Å². The normalized spacial score (nSPS) is 11.9. The van der Waals surface area contributed by atoms with Crippen LogP contribution in [0.25, 0.3) is 11.0 Å². The highest BCUT2D eigenvalue weighted by molar-refractivity contribution is 7.70. The molecule has 3 N–H and O–H groups in total. The van der Waals surface area contributed by atoms with Gasteiger partial charge in [0.25, 0.3) is 0 Å². The molecule has 0 bridgehead atoms. The van der Waals surface area contributed by atoms with Gasteiger partial charge in [-0.3, -0.25) is 0 Å². The maximum absolute atomic E-state index is 12.8. The van der Waals surface area contributed by atoms with Crippen molar-refractivity contribution in [1.82, 2.24) is 19.9 Å². The number of fused-ring (bicyclic) bond motifs is 1. The Hall–Kier alpha value is -3.35. The van der Waals surface area contributed by atoms with Gasteiger partial charge in [0.15, 0.2) is 0 Å². The number of ether oxygens (including phenoxy) is 1. The van der Waals surface area contributed by atoms with Gasteiger partial charge in [-0.15, -0.1) is 0 Å². The average Bonchev–Trinajstić information content (AvgIpc) is 3.33. The van der Waals surface area contributed by atoms with Crippen LogP contribution in [0.2, 0.25) is 0 Å². The largest absolute Gasteiger partial charge is 0.493 e. The molecular weight excluding hydrogens is 483 g/mol. The Balaban J connectivity index is 1.50. The number of hydrogen-bond donors (Lipinski definition) is 3. The van der Waals surface area contributed by atoms with Crippen molar-refractivity contribution in [2.24, 2.45) is 0 Å². The Morgan fingerprint density at radius 2 is 1.86 bits per heavy atom. The van der Waals surface area contributed by atoms with Crippen LogP contribution in [-0.4, -0.2) is 58.9 Å². The van der Waals surface area contributed by atoms with Gasteiger partial charge in [0.2, 0.25) is 5.95 Å². The summed E-state index contributed by atoms with van der Waals surface area (Å²) in [7, 11) is -2.48. The molecular formula is C28H37N6O2P. The lowest BCUT2D eigenvalue weighted by atomic mass is 10.3. The van der Waals surface area contributed by atoms with Gasteiger partial charge in [0.05, 0.1) is 17.7 Å². The first kappa shape index (κ1) is 26.7. The van der Waals surface area contributed by atoms with Gasteiger partial charge >= 0.3 is 0 Å². The molecule has 0 unspecified atom stereocenters. The molecule has 0 atom stereocenters. The number of para-hydroxylation sites is 1. The number of nitrogens with zero attached hydrogens (tertiary/aromatic N) is 3. The minimum absolute atomic E-state index is 0.443. The van der Waals surface area contributed by atoms with Gasteiger partial charge in [-0.1, -0.05) is 25.1 Å². The molecule has 2 aromatic heterocycles.